The molecule has 1 aromatic carbocycles. The Balaban J connectivity index is 1.65. The Kier molecular flexibility index (Phi) is 8.15. The lowest BCUT2D eigenvalue weighted by Gasteiger charge is -2.42. The van der Waals surface area contributed by atoms with Crippen LogP contribution in [-0.2, 0) is 19.1 Å². The van der Waals surface area contributed by atoms with Crippen molar-refractivity contribution >= 4 is 29.3 Å². The average molecular weight is 452 g/mol. The van der Waals surface area contributed by atoms with E-state index in [0.29, 0.717) is 76.0 Å². The maximum Gasteiger partial charge on any atom is 0.241 e. The number of morpholine rings is 1. The van der Waals surface area contributed by atoms with E-state index < -0.39 is 0 Å². The first-order valence-corrected chi connectivity index (χ1v) is 11.0. The van der Waals surface area contributed by atoms with Gasteiger partial charge >= 0.3 is 0 Å². The SMILES string of the molecule is CC(=O)NCC(=O)N1CCC(COc2cccc(Cl)c2)(CC(=O)N2CCOCC2)CC1. The molecule has 2 heterocycles. The molecule has 9 heteroatoms. The van der Waals surface area contributed by atoms with Crippen molar-refractivity contribution in [3.63, 3.8) is 0 Å². The summed E-state index contributed by atoms with van der Waals surface area (Å²) in [5.74, 6) is 0.413. The van der Waals surface area contributed by atoms with Crippen molar-refractivity contribution in [2.24, 2.45) is 5.41 Å². The zero-order chi connectivity index (χ0) is 22.3. The second-order valence-corrected chi connectivity index (χ2v) is 8.64. The van der Waals surface area contributed by atoms with Gasteiger partial charge in [0.1, 0.15) is 5.75 Å². The van der Waals surface area contributed by atoms with Gasteiger partial charge in [-0.05, 0) is 31.0 Å². The molecule has 0 aromatic heterocycles. The molecule has 0 radical (unpaired) electrons. The molecule has 0 atom stereocenters. The van der Waals surface area contributed by atoms with E-state index in [-0.39, 0.29) is 29.7 Å². The average Bonchev–Trinajstić information content (AvgIpc) is 2.77. The highest BCUT2D eigenvalue weighted by Crippen LogP contribution is 2.37. The van der Waals surface area contributed by atoms with Crippen LogP contribution in [0.25, 0.3) is 0 Å². The molecule has 170 valence electrons. The van der Waals surface area contributed by atoms with Gasteiger partial charge in [-0.25, -0.2) is 0 Å². The zero-order valence-electron chi connectivity index (χ0n) is 17.9. The largest absolute Gasteiger partial charge is 0.493 e. The number of carbonyl (C=O) groups is 3. The molecular formula is C22H30ClN3O5. The van der Waals surface area contributed by atoms with Gasteiger partial charge in [-0.1, -0.05) is 17.7 Å². The van der Waals surface area contributed by atoms with Crippen LogP contribution in [0.3, 0.4) is 0 Å². The van der Waals surface area contributed by atoms with Gasteiger partial charge in [0, 0.05) is 50.0 Å². The first-order chi connectivity index (χ1) is 14.9. The number of carbonyl (C=O) groups excluding carboxylic acids is 3. The second-order valence-electron chi connectivity index (χ2n) is 8.21. The van der Waals surface area contributed by atoms with Crippen LogP contribution in [0.1, 0.15) is 26.2 Å². The fraction of sp³-hybridized carbons (Fsp3) is 0.591. The van der Waals surface area contributed by atoms with Crippen LogP contribution in [0, 0.1) is 5.41 Å². The number of hydrogen-bond donors (Lipinski definition) is 1. The van der Waals surface area contributed by atoms with E-state index in [1.165, 1.54) is 6.92 Å². The van der Waals surface area contributed by atoms with E-state index in [2.05, 4.69) is 5.32 Å². The van der Waals surface area contributed by atoms with Gasteiger partial charge < -0.3 is 24.6 Å². The Hall–Kier alpha value is -2.32. The number of halogens is 1. The third-order valence-electron chi connectivity index (χ3n) is 5.90. The van der Waals surface area contributed by atoms with E-state index in [4.69, 9.17) is 21.1 Å². The summed E-state index contributed by atoms with van der Waals surface area (Å²) < 4.78 is 11.4. The lowest BCUT2D eigenvalue weighted by atomic mass is 9.75. The Morgan fingerprint density at radius 1 is 1.10 bits per heavy atom. The number of benzene rings is 1. The summed E-state index contributed by atoms with van der Waals surface area (Å²) in [6.07, 6.45) is 1.66. The summed E-state index contributed by atoms with van der Waals surface area (Å²) >= 11 is 6.07. The van der Waals surface area contributed by atoms with Crippen LogP contribution in [0.15, 0.2) is 24.3 Å². The van der Waals surface area contributed by atoms with Crippen molar-refractivity contribution < 1.29 is 23.9 Å². The van der Waals surface area contributed by atoms with Crippen molar-refractivity contribution in [1.29, 1.82) is 0 Å². The molecule has 0 spiro atoms. The molecule has 2 aliphatic rings. The highest BCUT2D eigenvalue weighted by Gasteiger charge is 2.39. The normalized spacial score (nSPS) is 18.4. The number of ether oxygens (including phenoxy) is 2. The van der Waals surface area contributed by atoms with E-state index in [1.807, 2.05) is 17.0 Å². The molecule has 0 bridgehead atoms. The summed E-state index contributed by atoms with van der Waals surface area (Å²) in [7, 11) is 0. The maximum atomic E-state index is 13.0. The summed E-state index contributed by atoms with van der Waals surface area (Å²) in [6, 6.07) is 7.21. The lowest BCUT2D eigenvalue weighted by Crippen LogP contribution is -2.50. The summed E-state index contributed by atoms with van der Waals surface area (Å²) in [6.45, 7) is 5.12. The molecule has 3 rings (SSSR count). The topological polar surface area (TPSA) is 88.2 Å². The van der Waals surface area contributed by atoms with Crippen molar-refractivity contribution in [3.05, 3.63) is 29.3 Å². The molecule has 0 unspecified atom stereocenters. The smallest absolute Gasteiger partial charge is 0.241 e. The molecule has 2 aliphatic heterocycles. The predicted molar refractivity (Wildman–Crippen MR) is 116 cm³/mol. The van der Waals surface area contributed by atoms with Crippen LogP contribution < -0.4 is 10.1 Å². The molecule has 2 fully saturated rings. The minimum absolute atomic E-state index is 0.00590. The highest BCUT2D eigenvalue weighted by molar-refractivity contribution is 6.30. The quantitative estimate of drug-likeness (QED) is 0.681. The van der Waals surface area contributed by atoms with Gasteiger partial charge in [0.05, 0.1) is 26.4 Å². The molecule has 0 aliphatic carbocycles. The van der Waals surface area contributed by atoms with Gasteiger partial charge in [0.2, 0.25) is 17.7 Å². The minimum Gasteiger partial charge on any atom is -0.493 e. The fourth-order valence-electron chi connectivity index (χ4n) is 3.95. The number of amides is 3. The van der Waals surface area contributed by atoms with Crippen molar-refractivity contribution in [1.82, 2.24) is 15.1 Å². The molecule has 2 saturated heterocycles. The fourth-order valence-corrected chi connectivity index (χ4v) is 4.13. The standard InChI is InChI=1S/C22H30ClN3O5/c1-17(27)24-15-21(29)25-7-5-22(6-8-25,14-20(28)26-9-11-30-12-10-26)16-31-19-4-2-3-18(23)13-19/h2-4,13H,5-12,14-16H2,1H3,(H,24,27). The Labute approximate surface area is 187 Å². The van der Waals surface area contributed by atoms with Crippen molar-refractivity contribution in [2.45, 2.75) is 26.2 Å². The Bertz CT molecular complexity index is 789. The molecule has 8 nitrogen and oxygen atoms in total. The molecule has 0 saturated carbocycles. The Morgan fingerprint density at radius 3 is 2.42 bits per heavy atom. The van der Waals surface area contributed by atoms with Gasteiger partial charge in [0.25, 0.3) is 0 Å². The van der Waals surface area contributed by atoms with Gasteiger partial charge in [0.15, 0.2) is 0 Å². The van der Waals surface area contributed by atoms with E-state index in [0.717, 1.165) is 0 Å². The van der Waals surface area contributed by atoms with Crippen molar-refractivity contribution in [2.75, 3.05) is 52.5 Å². The first-order valence-electron chi connectivity index (χ1n) is 10.6. The van der Waals surface area contributed by atoms with Gasteiger partial charge in [-0.2, -0.15) is 0 Å². The van der Waals surface area contributed by atoms with Gasteiger partial charge in [-0.3, -0.25) is 14.4 Å². The number of nitrogens with zero attached hydrogens (tertiary/aromatic N) is 2. The number of hydrogen-bond acceptors (Lipinski definition) is 5. The molecule has 1 N–H and O–H groups in total. The summed E-state index contributed by atoms with van der Waals surface area (Å²) in [5.41, 5.74) is -0.373. The minimum atomic E-state index is -0.373. The third-order valence-corrected chi connectivity index (χ3v) is 6.13. The third kappa shape index (κ3) is 6.83. The van der Waals surface area contributed by atoms with E-state index >= 15 is 0 Å². The number of likely N-dealkylation sites (tertiary alicyclic amines) is 1. The monoisotopic (exact) mass is 451 g/mol. The zero-order valence-corrected chi connectivity index (χ0v) is 18.7. The number of piperidine rings is 1. The summed E-state index contributed by atoms with van der Waals surface area (Å²) in [4.78, 5) is 40.1. The Morgan fingerprint density at radius 2 is 1.77 bits per heavy atom. The van der Waals surface area contributed by atoms with E-state index in [1.54, 1.807) is 17.0 Å². The van der Waals surface area contributed by atoms with Crippen LogP contribution in [0.2, 0.25) is 5.02 Å². The van der Waals surface area contributed by atoms with E-state index in [9.17, 15) is 14.4 Å². The van der Waals surface area contributed by atoms with Crippen LogP contribution in [-0.4, -0.2) is 80.1 Å². The van der Waals surface area contributed by atoms with Crippen molar-refractivity contribution in [3.8, 4) is 5.75 Å². The number of rotatable bonds is 7. The second kappa shape index (κ2) is 10.8. The number of nitrogens with one attached hydrogen (secondary N) is 1. The van der Waals surface area contributed by atoms with Gasteiger partial charge in [-0.15, -0.1) is 0 Å². The molecule has 31 heavy (non-hydrogen) atoms. The summed E-state index contributed by atoms with van der Waals surface area (Å²) in [5, 5.41) is 3.14. The molecule has 1 aromatic rings. The van der Waals surface area contributed by atoms with Crippen LogP contribution >= 0.6 is 11.6 Å². The van der Waals surface area contributed by atoms with Crippen LogP contribution in [0.4, 0.5) is 0 Å². The molecular weight excluding hydrogens is 422 g/mol. The molecule has 3 amide bonds. The maximum absolute atomic E-state index is 13.0. The van der Waals surface area contributed by atoms with Crippen LogP contribution in [0.5, 0.6) is 5.75 Å². The lowest BCUT2D eigenvalue weighted by molar-refractivity contribution is -0.141. The highest BCUT2D eigenvalue weighted by atomic mass is 35.5. The first kappa shape index (κ1) is 23.3. The predicted octanol–water partition coefficient (Wildman–Crippen LogP) is 1.71.